The Morgan fingerprint density at radius 2 is 1.36 bits per heavy atom. The van der Waals surface area contributed by atoms with E-state index in [1.54, 1.807) is 48.5 Å². The Bertz CT molecular complexity index is 716. The molecule has 0 aliphatic rings. The van der Waals surface area contributed by atoms with E-state index in [2.05, 4.69) is 0 Å². The molecule has 0 aromatic heterocycles. The minimum atomic E-state index is -1.00. The maximum absolute atomic E-state index is 12.5. The number of aliphatic carboxylic acids is 2. The number of carbonyl (C=O) groups is 3. The summed E-state index contributed by atoms with van der Waals surface area (Å²) < 4.78 is 0. The SMILES string of the molecule is O=C(O)Cc1ccc(C(=O)c2ccccc2CC(=O)O)cc1. The number of ketones is 1. The highest BCUT2D eigenvalue weighted by Crippen LogP contribution is 2.16. The van der Waals surface area contributed by atoms with Crippen molar-refractivity contribution in [1.29, 1.82) is 0 Å². The molecular weight excluding hydrogens is 284 g/mol. The van der Waals surface area contributed by atoms with Gasteiger partial charge in [0.25, 0.3) is 0 Å². The molecule has 0 radical (unpaired) electrons. The van der Waals surface area contributed by atoms with E-state index in [0.29, 0.717) is 22.3 Å². The molecule has 5 nitrogen and oxygen atoms in total. The van der Waals surface area contributed by atoms with E-state index in [1.165, 1.54) is 0 Å². The van der Waals surface area contributed by atoms with Crippen LogP contribution in [-0.2, 0) is 22.4 Å². The van der Waals surface area contributed by atoms with Crippen molar-refractivity contribution in [2.45, 2.75) is 12.8 Å². The van der Waals surface area contributed by atoms with E-state index in [0.717, 1.165) is 0 Å². The highest BCUT2D eigenvalue weighted by molar-refractivity contribution is 6.10. The zero-order chi connectivity index (χ0) is 16.1. The number of carboxylic acids is 2. The van der Waals surface area contributed by atoms with Crippen molar-refractivity contribution in [2.24, 2.45) is 0 Å². The number of benzene rings is 2. The quantitative estimate of drug-likeness (QED) is 0.797. The third-order valence-corrected chi connectivity index (χ3v) is 3.18. The van der Waals surface area contributed by atoms with Gasteiger partial charge in [-0.1, -0.05) is 48.5 Å². The van der Waals surface area contributed by atoms with Gasteiger partial charge in [0.15, 0.2) is 5.78 Å². The van der Waals surface area contributed by atoms with E-state index in [-0.39, 0.29) is 18.6 Å². The van der Waals surface area contributed by atoms with Crippen LogP contribution in [0.2, 0.25) is 0 Å². The number of hydrogen-bond acceptors (Lipinski definition) is 3. The molecule has 22 heavy (non-hydrogen) atoms. The van der Waals surface area contributed by atoms with E-state index in [9.17, 15) is 14.4 Å². The molecule has 2 N–H and O–H groups in total. The molecule has 0 saturated heterocycles. The Morgan fingerprint density at radius 3 is 1.95 bits per heavy atom. The Kier molecular flexibility index (Phi) is 4.68. The van der Waals surface area contributed by atoms with Gasteiger partial charge < -0.3 is 10.2 Å². The number of rotatable bonds is 6. The molecule has 0 bridgehead atoms. The van der Waals surface area contributed by atoms with Crippen LogP contribution in [0.1, 0.15) is 27.0 Å². The minimum Gasteiger partial charge on any atom is -0.481 e. The molecule has 0 fully saturated rings. The number of carbonyl (C=O) groups excluding carboxylic acids is 1. The fourth-order valence-corrected chi connectivity index (χ4v) is 2.16. The van der Waals surface area contributed by atoms with Gasteiger partial charge in [-0.3, -0.25) is 14.4 Å². The lowest BCUT2D eigenvalue weighted by Crippen LogP contribution is -2.09. The molecule has 2 rings (SSSR count). The molecule has 0 aliphatic carbocycles. The van der Waals surface area contributed by atoms with Crippen molar-refractivity contribution >= 4 is 17.7 Å². The van der Waals surface area contributed by atoms with Crippen molar-refractivity contribution in [2.75, 3.05) is 0 Å². The van der Waals surface area contributed by atoms with Gasteiger partial charge >= 0.3 is 11.9 Å². The molecule has 112 valence electrons. The van der Waals surface area contributed by atoms with E-state index < -0.39 is 11.9 Å². The Morgan fingerprint density at radius 1 is 0.773 bits per heavy atom. The van der Waals surface area contributed by atoms with E-state index in [4.69, 9.17) is 10.2 Å². The first kappa shape index (κ1) is 15.4. The molecule has 0 spiro atoms. The van der Waals surface area contributed by atoms with Crippen molar-refractivity contribution in [3.63, 3.8) is 0 Å². The van der Waals surface area contributed by atoms with Crippen molar-refractivity contribution in [1.82, 2.24) is 0 Å². The highest BCUT2D eigenvalue weighted by Gasteiger charge is 2.15. The molecule has 0 aliphatic heterocycles. The maximum atomic E-state index is 12.5. The molecule has 5 heteroatoms. The van der Waals surface area contributed by atoms with Gasteiger partial charge in [0.2, 0.25) is 0 Å². The van der Waals surface area contributed by atoms with Gasteiger partial charge in [-0.15, -0.1) is 0 Å². The van der Waals surface area contributed by atoms with Crippen LogP contribution in [-0.4, -0.2) is 27.9 Å². The summed E-state index contributed by atoms with van der Waals surface area (Å²) in [4.78, 5) is 34.0. The van der Waals surface area contributed by atoms with Crippen LogP contribution in [0.4, 0.5) is 0 Å². The van der Waals surface area contributed by atoms with Crippen molar-refractivity contribution in [3.05, 3.63) is 70.8 Å². The topological polar surface area (TPSA) is 91.7 Å². The van der Waals surface area contributed by atoms with Crippen LogP contribution >= 0.6 is 0 Å². The second kappa shape index (κ2) is 6.67. The molecular formula is C17H14O5. The predicted octanol–water partition coefficient (Wildman–Crippen LogP) is 2.17. The van der Waals surface area contributed by atoms with Gasteiger partial charge in [-0.25, -0.2) is 0 Å². The van der Waals surface area contributed by atoms with Crippen molar-refractivity contribution < 1.29 is 24.6 Å². The second-order valence-electron chi connectivity index (χ2n) is 4.82. The van der Waals surface area contributed by atoms with Crippen molar-refractivity contribution in [3.8, 4) is 0 Å². The average Bonchev–Trinajstić information content (AvgIpc) is 2.47. The first-order valence-corrected chi connectivity index (χ1v) is 6.62. The van der Waals surface area contributed by atoms with Crippen LogP contribution in [0.25, 0.3) is 0 Å². The normalized spacial score (nSPS) is 10.2. The number of hydrogen-bond donors (Lipinski definition) is 2. The Balaban J connectivity index is 2.28. The average molecular weight is 298 g/mol. The number of carboxylic acid groups (broad SMARTS) is 2. The first-order valence-electron chi connectivity index (χ1n) is 6.62. The molecule has 2 aromatic rings. The monoisotopic (exact) mass is 298 g/mol. The smallest absolute Gasteiger partial charge is 0.307 e. The Labute approximate surface area is 126 Å². The fourth-order valence-electron chi connectivity index (χ4n) is 2.16. The van der Waals surface area contributed by atoms with Gasteiger partial charge in [0.1, 0.15) is 0 Å². The van der Waals surface area contributed by atoms with E-state index >= 15 is 0 Å². The molecule has 0 saturated carbocycles. The summed E-state index contributed by atoms with van der Waals surface area (Å²) in [7, 11) is 0. The lowest BCUT2D eigenvalue weighted by molar-refractivity contribution is -0.137. The lowest BCUT2D eigenvalue weighted by Gasteiger charge is -2.07. The van der Waals surface area contributed by atoms with E-state index in [1.807, 2.05) is 0 Å². The molecule has 0 amide bonds. The summed E-state index contributed by atoms with van der Waals surface area (Å²) in [5.41, 5.74) is 1.79. The second-order valence-corrected chi connectivity index (χ2v) is 4.82. The molecule has 2 aromatic carbocycles. The van der Waals surface area contributed by atoms with Crippen LogP contribution in [0.5, 0.6) is 0 Å². The summed E-state index contributed by atoms with van der Waals surface area (Å²) in [5, 5.41) is 17.6. The zero-order valence-corrected chi connectivity index (χ0v) is 11.7. The van der Waals surface area contributed by atoms with Gasteiger partial charge in [0.05, 0.1) is 12.8 Å². The molecule has 0 atom stereocenters. The van der Waals surface area contributed by atoms with Gasteiger partial charge in [-0.2, -0.15) is 0 Å². The van der Waals surface area contributed by atoms with Crippen LogP contribution in [0.3, 0.4) is 0 Å². The molecule has 0 heterocycles. The van der Waals surface area contributed by atoms with Crippen LogP contribution < -0.4 is 0 Å². The zero-order valence-electron chi connectivity index (χ0n) is 11.7. The highest BCUT2D eigenvalue weighted by atomic mass is 16.4. The van der Waals surface area contributed by atoms with Gasteiger partial charge in [0, 0.05) is 11.1 Å². The predicted molar refractivity (Wildman–Crippen MR) is 79.0 cm³/mol. The van der Waals surface area contributed by atoms with Crippen LogP contribution in [0.15, 0.2) is 48.5 Å². The fraction of sp³-hybridized carbons (Fsp3) is 0.118. The maximum Gasteiger partial charge on any atom is 0.307 e. The minimum absolute atomic E-state index is 0.107. The summed E-state index contributed by atoms with van der Waals surface area (Å²) >= 11 is 0. The molecule has 0 unspecified atom stereocenters. The summed E-state index contributed by atoms with van der Waals surface area (Å²) in [5.74, 6) is -2.22. The summed E-state index contributed by atoms with van der Waals surface area (Å²) in [6.45, 7) is 0. The third kappa shape index (κ3) is 3.79. The lowest BCUT2D eigenvalue weighted by atomic mass is 9.96. The summed E-state index contributed by atoms with van der Waals surface area (Å²) in [6.07, 6.45) is -0.330. The first-order chi connectivity index (χ1) is 10.5. The van der Waals surface area contributed by atoms with Gasteiger partial charge in [-0.05, 0) is 11.1 Å². The summed E-state index contributed by atoms with van der Waals surface area (Å²) in [6, 6.07) is 12.8. The van der Waals surface area contributed by atoms with Crippen LogP contribution in [0, 0.1) is 0 Å². The Hall–Kier alpha value is -2.95. The standard InChI is InChI=1S/C17H14O5/c18-15(19)9-11-5-7-12(8-6-11)17(22)14-4-2-1-3-13(14)10-16(20)21/h1-8H,9-10H2,(H,18,19)(H,20,21). The third-order valence-electron chi connectivity index (χ3n) is 3.18. The largest absolute Gasteiger partial charge is 0.481 e.